The van der Waals surface area contributed by atoms with Crippen LogP contribution in [0.3, 0.4) is 0 Å². The SMILES string of the molecule is CC(C)C1(C(=O)Nc2ccccc2)C(=O)N(CCC(O)CC(O)C(=O)O)c2c1c1ccccc1c1cc(F)ccc21. The largest absolute Gasteiger partial charge is 0.479 e. The van der Waals surface area contributed by atoms with Gasteiger partial charge in [0.2, 0.25) is 11.8 Å². The number of carboxylic acids is 1. The molecule has 212 valence electrons. The highest BCUT2D eigenvalue weighted by atomic mass is 19.1. The number of hydrogen-bond acceptors (Lipinski definition) is 5. The number of aliphatic hydroxyl groups excluding tert-OH is 2. The van der Waals surface area contributed by atoms with Crippen LogP contribution in [0.1, 0.15) is 32.3 Å². The predicted molar refractivity (Wildman–Crippen MR) is 154 cm³/mol. The van der Waals surface area contributed by atoms with Crippen LogP contribution in [0.2, 0.25) is 0 Å². The number of carbonyl (C=O) groups is 3. The van der Waals surface area contributed by atoms with E-state index in [1.165, 1.54) is 17.0 Å². The predicted octanol–water partition coefficient (Wildman–Crippen LogP) is 4.60. The second-order valence-corrected chi connectivity index (χ2v) is 10.7. The highest BCUT2D eigenvalue weighted by Crippen LogP contribution is 2.53. The van der Waals surface area contributed by atoms with Crippen molar-refractivity contribution in [2.45, 2.75) is 44.3 Å². The van der Waals surface area contributed by atoms with Crippen molar-refractivity contribution in [3.63, 3.8) is 0 Å². The minimum Gasteiger partial charge on any atom is -0.479 e. The van der Waals surface area contributed by atoms with Crippen LogP contribution in [0, 0.1) is 11.7 Å². The zero-order chi connectivity index (χ0) is 29.5. The molecule has 0 aromatic heterocycles. The van der Waals surface area contributed by atoms with Crippen LogP contribution in [-0.4, -0.2) is 51.9 Å². The molecule has 1 aliphatic rings. The molecule has 4 N–H and O–H groups in total. The molecule has 3 unspecified atom stereocenters. The van der Waals surface area contributed by atoms with Gasteiger partial charge in [0.05, 0.1) is 11.8 Å². The number of rotatable bonds is 9. The number of aliphatic carboxylic acids is 1. The molecule has 0 saturated heterocycles. The molecule has 0 bridgehead atoms. The number of amides is 2. The molecular weight excluding hydrogens is 527 g/mol. The molecule has 0 fully saturated rings. The molecule has 5 rings (SSSR count). The minimum absolute atomic E-state index is 0.0560. The Kier molecular flexibility index (Phi) is 7.50. The van der Waals surface area contributed by atoms with E-state index in [9.17, 15) is 29.0 Å². The van der Waals surface area contributed by atoms with E-state index in [0.29, 0.717) is 38.5 Å². The Morgan fingerprint density at radius 2 is 1.59 bits per heavy atom. The smallest absolute Gasteiger partial charge is 0.332 e. The molecule has 3 atom stereocenters. The summed E-state index contributed by atoms with van der Waals surface area (Å²) >= 11 is 0. The summed E-state index contributed by atoms with van der Waals surface area (Å²) < 4.78 is 14.5. The topological polar surface area (TPSA) is 127 Å². The van der Waals surface area contributed by atoms with Crippen LogP contribution in [0.4, 0.5) is 15.8 Å². The first kappa shape index (κ1) is 28.2. The van der Waals surface area contributed by atoms with Crippen LogP contribution in [0.15, 0.2) is 72.8 Å². The Hall–Kier alpha value is -4.34. The van der Waals surface area contributed by atoms with Crippen molar-refractivity contribution in [3.8, 4) is 0 Å². The van der Waals surface area contributed by atoms with Crippen LogP contribution in [-0.2, 0) is 19.8 Å². The van der Waals surface area contributed by atoms with E-state index in [4.69, 9.17) is 5.11 Å². The third kappa shape index (κ3) is 4.71. The zero-order valence-corrected chi connectivity index (χ0v) is 22.7. The lowest BCUT2D eigenvalue weighted by Crippen LogP contribution is -2.52. The summed E-state index contributed by atoms with van der Waals surface area (Å²) in [6, 6.07) is 20.4. The van der Waals surface area contributed by atoms with Crippen LogP contribution >= 0.6 is 0 Å². The lowest BCUT2D eigenvalue weighted by Gasteiger charge is -2.32. The maximum atomic E-state index is 14.6. The molecule has 4 aromatic carbocycles. The summed E-state index contributed by atoms with van der Waals surface area (Å²) in [5.74, 6) is -3.43. The van der Waals surface area contributed by atoms with Crippen LogP contribution < -0.4 is 10.2 Å². The maximum absolute atomic E-state index is 14.6. The lowest BCUT2D eigenvalue weighted by molar-refractivity contribution is -0.148. The minimum atomic E-state index is -1.76. The lowest BCUT2D eigenvalue weighted by atomic mass is 9.69. The molecule has 0 spiro atoms. The number of carboxylic acid groups (broad SMARTS) is 1. The molecule has 0 aliphatic carbocycles. The van der Waals surface area contributed by atoms with Gasteiger partial charge in [-0.2, -0.15) is 0 Å². The molecule has 2 amide bonds. The Labute approximate surface area is 236 Å². The summed E-state index contributed by atoms with van der Waals surface area (Å²) in [7, 11) is 0. The van der Waals surface area contributed by atoms with Gasteiger partial charge in [0.25, 0.3) is 0 Å². The Balaban J connectivity index is 1.74. The fourth-order valence-corrected chi connectivity index (χ4v) is 5.97. The van der Waals surface area contributed by atoms with E-state index in [-0.39, 0.29) is 13.0 Å². The van der Waals surface area contributed by atoms with E-state index in [1.807, 2.05) is 24.3 Å². The van der Waals surface area contributed by atoms with Crippen molar-refractivity contribution in [1.29, 1.82) is 0 Å². The number of nitrogens with zero attached hydrogens (tertiary/aromatic N) is 1. The normalized spacial score (nSPS) is 18.1. The van der Waals surface area contributed by atoms with E-state index < -0.39 is 53.6 Å². The number of anilines is 2. The van der Waals surface area contributed by atoms with Gasteiger partial charge in [-0.1, -0.05) is 56.3 Å². The van der Waals surface area contributed by atoms with Crippen molar-refractivity contribution < 1.29 is 34.1 Å². The number of carbonyl (C=O) groups excluding carboxylic acids is 2. The highest BCUT2D eigenvalue weighted by Gasteiger charge is 2.59. The van der Waals surface area contributed by atoms with Crippen molar-refractivity contribution >= 4 is 50.7 Å². The van der Waals surface area contributed by atoms with Gasteiger partial charge < -0.3 is 25.5 Å². The summed E-state index contributed by atoms with van der Waals surface area (Å²) in [5.41, 5.74) is -0.193. The van der Waals surface area contributed by atoms with E-state index in [0.717, 1.165) is 0 Å². The highest BCUT2D eigenvalue weighted by molar-refractivity contribution is 6.32. The third-order valence-electron chi connectivity index (χ3n) is 7.93. The van der Waals surface area contributed by atoms with E-state index in [1.54, 1.807) is 50.2 Å². The quantitative estimate of drug-likeness (QED) is 0.176. The second-order valence-electron chi connectivity index (χ2n) is 10.7. The Morgan fingerprint density at radius 3 is 2.24 bits per heavy atom. The summed E-state index contributed by atoms with van der Waals surface area (Å²) in [6.45, 7) is 3.55. The molecule has 0 saturated carbocycles. The summed E-state index contributed by atoms with van der Waals surface area (Å²) in [4.78, 5) is 41.5. The van der Waals surface area contributed by atoms with Gasteiger partial charge in [-0.05, 0) is 58.8 Å². The number of halogens is 1. The monoisotopic (exact) mass is 558 g/mol. The molecule has 4 aromatic rings. The number of benzene rings is 4. The van der Waals surface area contributed by atoms with Gasteiger partial charge in [-0.25, -0.2) is 9.18 Å². The van der Waals surface area contributed by atoms with Crippen molar-refractivity contribution in [2.75, 3.05) is 16.8 Å². The fraction of sp³-hybridized carbons (Fsp3) is 0.281. The molecular formula is C32H31FN2O6. The second kappa shape index (κ2) is 10.9. The van der Waals surface area contributed by atoms with Crippen molar-refractivity contribution in [3.05, 3.63) is 84.2 Å². The first-order valence-electron chi connectivity index (χ1n) is 13.5. The molecule has 0 radical (unpaired) electrons. The van der Waals surface area contributed by atoms with Crippen molar-refractivity contribution in [2.24, 2.45) is 5.92 Å². The number of hydrogen-bond donors (Lipinski definition) is 4. The fourth-order valence-electron chi connectivity index (χ4n) is 5.97. The molecule has 9 heteroatoms. The number of nitrogens with one attached hydrogen (secondary N) is 1. The Bertz CT molecular complexity index is 1660. The van der Waals surface area contributed by atoms with Crippen LogP contribution in [0.5, 0.6) is 0 Å². The number of fused-ring (bicyclic) bond motifs is 6. The van der Waals surface area contributed by atoms with E-state index >= 15 is 0 Å². The first-order chi connectivity index (χ1) is 19.6. The van der Waals surface area contributed by atoms with Crippen molar-refractivity contribution in [1.82, 2.24) is 0 Å². The van der Waals surface area contributed by atoms with Gasteiger partial charge in [0, 0.05) is 29.6 Å². The van der Waals surface area contributed by atoms with Gasteiger partial charge in [-0.15, -0.1) is 0 Å². The molecule has 1 aliphatic heterocycles. The maximum Gasteiger partial charge on any atom is 0.332 e. The standard InChI is InChI=1S/C32H31FN2O6/c1-18(2)32(30(40)34-20-8-4-3-5-9-20)27-23-11-7-6-10-22(23)25-16-19(33)12-13-24(25)28(27)35(31(32)41)15-14-21(36)17-26(37)29(38)39/h3-13,16,18,21,26,36-37H,14-15,17H2,1-2H3,(H,34,40)(H,38,39). The van der Waals surface area contributed by atoms with E-state index in [2.05, 4.69) is 5.32 Å². The summed E-state index contributed by atoms with van der Waals surface area (Å²) in [5, 5.41) is 34.7. The van der Waals surface area contributed by atoms with Crippen LogP contribution in [0.25, 0.3) is 21.5 Å². The van der Waals surface area contributed by atoms with Gasteiger partial charge in [0.15, 0.2) is 11.5 Å². The molecule has 8 nitrogen and oxygen atoms in total. The molecule has 41 heavy (non-hydrogen) atoms. The van der Waals surface area contributed by atoms with Gasteiger partial charge in [0.1, 0.15) is 5.82 Å². The Morgan fingerprint density at radius 1 is 0.927 bits per heavy atom. The average molecular weight is 559 g/mol. The number of para-hydroxylation sites is 1. The molecule has 1 heterocycles. The average Bonchev–Trinajstić information content (AvgIpc) is 3.21. The van der Waals surface area contributed by atoms with Gasteiger partial charge in [-0.3, -0.25) is 9.59 Å². The number of aliphatic hydroxyl groups is 2. The zero-order valence-electron chi connectivity index (χ0n) is 22.7. The summed E-state index contributed by atoms with van der Waals surface area (Å²) in [6.07, 6.45) is -3.46. The third-order valence-corrected chi connectivity index (χ3v) is 7.93. The van der Waals surface area contributed by atoms with Gasteiger partial charge >= 0.3 is 5.97 Å². The first-order valence-corrected chi connectivity index (χ1v) is 13.5.